The monoisotopic (exact) mass is 256 g/mol. The lowest BCUT2D eigenvalue weighted by atomic mass is 10.4. The van der Waals surface area contributed by atoms with Gasteiger partial charge in [0.15, 0.2) is 0 Å². The first kappa shape index (κ1) is 14.6. The second kappa shape index (κ2) is 7.07. The smallest absolute Gasteiger partial charge is 0.243 e. The van der Waals surface area contributed by atoms with E-state index in [1.165, 1.54) is 9.58 Å². The lowest BCUT2D eigenvalue weighted by Crippen LogP contribution is -2.26. The third-order valence-electron chi connectivity index (χ3n) is 2.23. The van der Waals surface area contributed by atoms with Crippen molar-refractivity contribution in [3.05, 3.63) is 11.9 Å². The van der Waals surface area contributed by atoms with E-state index in [4.69, 9.17) is 9.47 Å². The van der Waals surface area contributed by atoms with E-state index >= 15 is 0 Å². The molecule has 0 aromatic carbocycles. The molecule has 0 saturated heterocycles. The number of hydrogen-bond acceptors (Lipinski definition) is 5. The van der Waals surface area contributed by atoms with Gasteiger partial charge in [0.1, 0.15) is 12.2 Å². The number of ether oxygens (including phenoxy) is 2. The van der Waals surface area contributed by atoms with E-state index in [9.17, 15) is 4.79 Å². The van der Waals surface area contributed by atoms with E-state index in [-0.39, 0.29) is 12.5 Å². The normalized spacial score (nSPS) is 10.9. The van der Waals surface area contributed by atoms with Crippen molar-refractivity contribution < 1.29 is 14.3 Å². The molecular formula is C11H20N4O3. The Kier molecular flexibility index (Phi) is 5.73. The largest absolute Gasteiger partial charge is 0.347 e. The van der Waals surface area contributed by atoms with E-state index in [1.54, 1.807) is 20.3 Å². The topological polar surface area (TPSA) is 69.5 Å². The van der Waals surface area contributed by atoms with Crippen molar-refractivity contribution in [1.29, 1.82) is 0 Å². The third-order valence-corrected chi connectivity index (χ3v) is 2.23. The fourth-order valence-corrected chi connectivity index (χ4v) is 1.30. The Labute approximate surface area is 107 Å². The van der Waals surface area contributed by atoms with E-state index < -0.39 is 6.29 Å². The first-order valence-corrected chi connectivity index (χ1v) is 5.91. The van der Waals surface area contributed by atoms with Crippen LogP contribution in [0.5, 0.6) is 0 Å². The van der Waals surface area contributed by atoms with Crippen LogP contribution in [0.25, 0.3) is 0 Å². The highest BCUT2D eigenvalue weighted by atomic mass is 16.7. The summed E-state index contributed by atoms with van der Waals surface area (Å²) >= 11 is 0. The van der Waals surface area contributed by atoms with Crippen molar-refractivity contribution in [3.63, 3.8) is 0 Å². The van der Waals surface area contributed by atoms with Crippen LogP contribution in [-0.4, -0.2) is 53.1 Å². The fourth-order valence-electron chi connectivity index (χ4n) is 1.30. The molecule has 0 atom stereocenters. The molecule has 1 aromatic rings. The molecular weight excluding hydrogens is 236 g/mol. The Morgan fingerprint density at radius 2 is 2.00 bits per heavy atom. The van der Waals surface area contributed by atoms with Crippen molar-refractivity contribution in [2.45, 2.75) is 26.7 Å². The molecule has 7 nitrogen and oxygen atoms in total. The van der Waals surface area contributed by atoms with Crippen LogP contribution in [0, 0.1) is 0 Å². The number of hydrogen-bond donors (Lipinski definition) is 0. The minimum atomic E-state index is -0.525. The Morgan fingerprint density at radius 3 is 2.50 bits per heavy atom. The second-order valence-corrected chi connectivity index (χ2v) is 3.87. The highest BCUT2D eigenvalue weighted by Crippen LogP contribution is 2.15. The van der Waals surface area contributed by atoms with Crippen molar-refractivity contribution in [1.82, 2.24) is 19.9 Å². The minimum Gasteiger partial charge on any atom is -0.347 e. The summed E-state index contributed by atoms with van der Waals surface area (Å²) in [4.78, 5) is 13.0. The summed E-state index contributed by atoms with van der Waals surface area (Å²) in [6.07, 6.45) is 1.14. The number of carbonyl (C=O) groups is 1. The van der Waals surface area contributed by atoms with Gasteiger partial charge in [0, 0.05) is 27.3 Å². The molecule has 0 N–H and O–H groups in total. The Bertz CT molecular complexity index is 372. The zero-order valence-corrected chi connectivity index (χ0v) is 11.3. The van der Waals surface area contributed by atoms with E-state index in [2.05, 4.69) is 10.3 Å². The number of carbonyl (C=O) groups excluding carboxylic acids is 1. The molecule has 1 rings (SSSR count). The van der Waals surface area contributed by atoms with Crippen LogP contribution in [0.2, 0.25) is 0 Å². The Morgan fingerprint density at radius 1 is 1.39 bits per heavy atom. The van der Waals surface area contributed by atoms with Gasteiger partial charge in [-0.25, -0.2) is 4.68 Å². The van der Waals surface area contributed by atoms with Crippen LogP contribution in [0.15, 0.2) is 6.20 Å². The SMILES string of the molecule is CCOC(OCC)c1cn(CC(=O)N(C)C)nn1. The van der Waals surface area contributed by atoms with Gasteiger partial charge in [-0.05, 0) is 13.8 Å². The van der Waals surface area contributed by atoms with Crippen LogP contribution in [0.4, 0.5) is 0 Å². The molecule has 0 spiro atoms. The predicted molar refractivity (Wildman–Crippen MR) is 64.7 cm³/mol. The zero-order chi connectivity index (χ0) is 13.5. The van der Waals surface area contributed by atoms with Crippen molar-refractivity contribution in [2.24, 2.45) is 0 Å². The summed E-state index contributed by atoms with van der Waals surface area (Å²) in [5.41, 5.74) is 0.574. The molecule has 0 aliphatic carbocycles. The maximum atomic E-state index is 11.5. The average Bonchev–Trinajstić information content (AvgIpc) is 2.77. The van der Waals surface area contributed by atoms with Gasteiger partial charge in [-0.3, -0.25) is 4.79 Å². The number of likely N-dealkylation sites (N-methyl/N-ethyl adjacent to an activating group) is 1. The molecule has 0 radical (unpaired) electrons. The summed E-state index contributed by atoms with van der Waals surface area (Å²) in [5, 5.41) is 7.84. The second-order valence-electron chi connectivity index (χ2n) is 3.87. The van der Waals surface area contributed by atoms with Crippen LogP contribution < -0.4 is 0 Å². The van der Waals surface area contributed by atoms with Gasteiger partial charge in [-0.15, -0.1) is 5.10 Å². The number of nitrogens with zero attached hydrogens (tertiary/aromatic N) is 4. The zero-order valence-electron chi connectivity index (χ0n) is 11.3. The molecule has 0 unspecified atom stereocenters. The molecule has 0 aliphatic heterocycles. The molecule has 102 valence electrons. The van der Waals surface area contributed by atoms with E-state index in [0.29, 0.717) is 18.9 Å². The minimum absolute atomic E-state index is 0.0455. The van der Waals surface area contributed by atoms with Gasteiger partial charge in [-0.1, -0.05) is 5.21 Å². The molecule has 7 heteroatoms. The standard InChI is InChI=1S/C11H20N4O3/c1-5-17-11(18-6-2)9-7-15(13-12-9)8-10(16)14(3)4/h7,11H,5-6,8H2,1-4H3. The van der Waals surface area contributed by atoms with Crippen LogP contribution in [-0.2, 0) is 20.8 Å². The van der Waals surface area contributed by atoms with Crippen molar-refractivity contribution >= 4 is 5.91 Å². The number of aromatic nitrogens is 3. The summed E-state index contributed by atoms with van der Waals surface area (Å²) in [5.74, 6) is -0.0455. The lowest BCUT2D eigenvalue weighted by molar-refractivity contribution is -0.142. The molecule has 0 saturated carbocycles. The van der Waals surface area contributed by atoms with Crippen molar-refractivity contribution in [2.75, 3.05) is 27.3 Å². The molecule has 1 heterocycles. The lowest BCUT2D eigenvalue weighted by Gasteiger charge is -2.13. The highest BCUT2D eigenvalue weighted by molar-refractivity contribution is 5.75. The maximum Gasteiger partial charge on any atom is 0.243 e. The number of amides is 1. The third kappa shape index (κ3) is 4.08. The van der Waals surface area contributed by atoms with E-state index in [1.807, 2.05) is 13.8 Å². The predicted octanol–water partition coefficient (Wildman–Crippen LogP) is 0.438. The Hall–Kier alpha value is -1.47. The summed E-state index contributed by atoms with van der Waals surface area (Å²) in [7, 11) is 3.40. The molecule has 0 aliphatic rings. The first-order chi connectivity index (χ1) is 8.58. The van der Waals surface area contributed by atoms with Crippen LogP contribution in [0.3, 0.4) is 0 Å². The average molecular weight is 256 g/mol. The molecule has 1 aromatic heterocycles. The van der Waals surface area contributed by atoms with Crippen molar-refractivity contribution in [3.8, 4) is 0 Å². The van der Waals surface area contributed by atoms with Gasteiger partial charge in [-0.2, -0.15) is 0 Å². The van der Waals surface area contributed by atoms with Gasteiger partial charge in [0.2, 0.25) is 12.2 Å². The first-order valence-electron chi connectivity index (χ1n) is 5.91. The quantitative estimate of drug-likeness (QED) is 0.662. The Balaban J connectivity index is 2.68. The fraction of sp³-hybridized carbons (Fsp3) is 0.727. The van der Waals surface area contributed by atoms with Crippen LogP contribution >= 0.6 is 0 Å². The van der Waals surface area contributed by atoms with Crippen LogP contribution in [0.1, 0.15) is 25.8 Å². The van der Waals surface area contributed by atoms with Gasteiger partial charge < -0.3 is 14.4 Å². The highest BCUT2D eigenvalue weighted by Gasteiger charge is 2.16. The van der Waals surface area contributed by atoms with Gasteiger partial charge in [0.05, 0.1) is 6.20 Å². The molecule has 1 amide bonds. The van der Waals surface area contributed by atoms with Gasteiger partial charge >= 0.3 is 0 Å². The maximum absolute atomic E-state index is 11.5. The van der Waals surface area contributed by atoms with Gasteiger partial charge in [0.25, 0.3) is 0 Å². The summed E-state index contributed by atoms with van der Waals surface area (Å²) < 4.78 is 12.3. The molecule has 0 fully saturated rings. The summed E-state index contributed by atoms with van der Waals surface area (Å²) in [6.45, 7) is 4.96. The van der Waals surface area contributed by atoms with E-state index in [0.717, 1.165) is 0 Å². The number of rotatable bonds is 7. The molecule has 18 heavy (non-hydrogen) atoms. The summed E-state index contributed by atoms with van der Waals surface area (Å²) in [6, 6.07) is 0. The molecule has 0 bridgehead atoms.